The van der Waals surface area contributed by atoms with E-state index in [2.05, 4.69) is 35.4 Å². The van der Waals surface area contributed by atoms with Gasteiger partial charge in [0.05, 0.1) is 0 Å². The van der Waals surface area contributed by atoms with Crippen molar-refractivity contribution in [1.82, 2.24) is 10.3 Å². The first-order valence-corrected chi connectivity index (χ1v) is 7.18. The molecule has 0 unspecified atom stereocenters. The largest absolute Gasteiger partial charge is 0.438 e. The van der Waals surface area contributed by atoms with Crippen LogP contribution in [0.3, 0.4) is 0 Å². The Bertz CT molecular complexity index is 735. The zero-order valence-electron chi connectivity index (χ0n) is 12.0. The Kier molecular flexibility index (Phi) is 4.12. The minimum absolute atomic E-state index is 0.662. The van der Waals surface area contributed by atoms with Crippen molar-refractivity contribution in [3.63, 3.8) is 0 Å². The summed E-state index contributed by atoms with van der Waals surface area (Å²) in [5.74, 6) is 1.50. The number of benzene rings is 2. The molecule has 0 aliphatic rings. The molecule has 3 nitrogen and oxygen atoms in total. The van der Waals surface area contributed by atoms with Crippen LogP contribution in [0.25, 0.3) is 10.8 Å². The molecule has 3 aromatic rings. The highest BCUT2D eigenvalue weighted by atomic mass is 16.5. The highest BCUT2D eigenvalue weighted by Gasteiger charge is 2.08. The van der Waals surface area contributed by atoms with Gasteiger partial charge < -0.3 is 10.1 Å². The summed E-state index contributed by atoms with van der Waals surface area (Å²) in [6.07, 6.45) is 1.76. The molecule has 0 aliphatic carbocycles. The minimum atomic E-state index is 0.662. The Morgan fingerprint density at radius 2 is 1.86 bits per heavy atom. The third-order valence-electron chi connectivity index (χ3n) is 3.37. The second kappa shape index (κ2) is 6.37. The molecule has 0 fully saturated rings. The summed E-state index contributed by atoms with van der Waals surface area (Å²) in [5, 5.41) is 5.57. The summed E-state index contributed by atoms with van der Waals surface area (Å²) >= 11 is 0. The van der Waals surface area contributed by atoms with Crippen molar-refractivity contribution in [2.75, 3.05) is 6.54 Å². The number of hydrogen-bond acceptors (Lipinski definition) is 3. The molecule has 1 aromatic heterocycles. The van der Waals surface area contributed by atoms with E-state index in [0.29, 0.717) is 5.88 Å². The lowest BCUT2D eigenvalue weighted by Crippen LogP contribution is -2.12. The second-order valence-electron chi connectivity index (χ2n) is 4.83. The number of rotatable bonds is 5. The fourth-order valence-electron chi connectivity index (χ4n) is 2.30. The Balaban J connectivity index is 1.95. The van der Waals surface area contributed by atoms with Crippen molar-refractivity contribution in [1.29, 1.82) is 0 Å². The van der Waals surface area contributed by atoms with E-state index >= 15 is 0 Å². The van der Waals surface area contributed by atoms with Gasteiger partial charge in [0.25, 0.3) is 0 Å². The normalized spacial score (nSPS) is 10.7. The number of nitrogens with zero attached hydrogens (tertiary/aromatic N) is 1. The summed E-state index contributed by atoms with van der Waals surface area (Å²) in [6.45, 7) is 3.76. The Morgan fingerprint density at radius 1 is 1.00 bits per heavy atom. The van der Waals surface area contributed by atoms with Crippen LogP contribution in [0, 0.1) is 0 Å². The predicted octanol–water partition coefficient (Wildman–Crippen LogP) is 4.14. The topological polar surface area (TPSA) is 34.2 Å². The van der Waals surface area contributed by atoms with Gasteiger partial charge in [-0.3, -0.25) is 0 Å². The van der Waals surface area contributed by atoms with Gasteiger partial charge in [-0.15, -0.1) is 0 Å². The molecular formula is C18H18N2O. The number of nitrogens with one attached hydrogen (secondary N) is 1. The summed E-state index contributed by atoms with van der Waals surface area (Å²) < 4.78 is 6.07. The van der Waals surface area contributed by atoms with Crippen LogP contribution in [0.5, 0.6) is 11.6 Å². The van der Waals surface area contributed by atoms with Crippen LogP contribution < -0.4 is 10.1 Å². The zero-order chi connectivity index (χ0) is 14.5. The number of pyridine rings is 1. The van der Waals surface area contributed by atoms with Gasteiger partial charge in [-0.05, 0) is 24.1 Å². The lowest BCUT2D eigenvalue weighted by molar-refractivity contribution is 0.458. The lowest BCUT2D eigenvalue weighted by Gasteiger charge is -2.12. The van der Waals surface area contributed by atoms with Gasteiger partial charge >= 0.3 is 0 Å². The van der Waals surface area contributed by atoms with Crippen molar-refractivity contribution in [3.8, 4) is 11.6 Å². The first-order chi connectivity index (χ1) is 10.4. The van der Waals surface area contributed by atoms with Crippen LogP contribution in [-0.2, 0) is 6.54 Å². The maximum Gasteiger partial charge on any atom is 0.223 e. The first kappa shape index (κ1) is 13.6. The van der Waals surface area contributed by atoms with Crippen LogP contribution in [0.4, 0.5) is 0 Å². The highest BCUT2D eigenvalue weighted by Crippen LogP contribution is 2.30. The molecule has 1 N–H and O–H groups in total. The second-order valence-corrected chi connectivity index (χ2v) is 4.83. The van der Waals surface area contributed by atoms with Gasteiger partial charge in [-0.1, -0.05) is 49.4 Å². The van der Waals surface area contributed by atoms with Gasteiger partial charge in [0.1, 0.15) is 5.75 Å². The molecule has 0 saturated carbocycles. The van der Waals surface area contributed by atoms with Crippen molar-refractivity contribution >= 4 is 10.8 Å². The highest BCUT2D eigenvalue weighted by molar-refractivity contribution is 5.88. The number of hydrogen-bond donors (Lipinski definition) is 1. The molecule has 0 atom stereocenters. The first-order valence-electron chi connectivity index (χ1n) is 7.18. The van der Waals surface area contributed by atoms with E-state index < -0.39 is 0 Å². The monoisotopic (exact) mass is 278 g/mol. The fourth-order valence-corrected chi connectivity index (χ4v) is 2.30. The van der Waals surface area contributed by atoms with Gasteiger partial charge in [0, 0.05) is 23.7 Å². The predicted molar refractivity (Wildman–Crippen MR) is 85.6 cm³/mol. The average molecular weight is 278 g/mol. The molecule has 0 saturated heterocycles. The lowest BCUT2D eigenvalue weighted by atomic mass is 10.1. The van der Waals surface area contributed by atoms with Crippen LogP contribution >= 0.6 is 0 Å². The standard InChI is InChI=1S/C18H18N2O/c1-2-19-13-15-9-6-12-20-18(15)21-17-11-5-8-14-7-3-4-10-16(14)17/h3-12,19H,2,13H2,1H3. The Labute approximate surface area is 124 Å². The molecule has 0 bridgehead atoms. The van der Waals surface area contributed by atoms with E-state index in [9.17, 15) is 0 Å². The van der Waals surface area contributed by atoms with E-state index in [4.69, 9.17) is 4.74 Å². The molecule has 0 aliphatic heterocycles. The summed E-state index contributed by atoms with van der Waals surface area (Å²) in [7, 11) is 0. The zero-order valence-corrected chi connectivity index (χ0v) is 12.0. The number of aromatic nitrogens is 1. The van der Waals surface area contributed by atoms with Gasteiger partial charge in [0.15, 0.2) is 0 Å². The molecule has 0 amide bonds. The summed E-state index contributed by atoms with van der Waals surface area (Å²) in [5.41, 5.74) is 1.06. The fraction of sp³-hybridized carbons (Fsp3) is 0.167. The SMILES string of the molecule is CCNCc1cccnc1Oc1cccc2ccccc12. The van der Waals surface area contributed by atoms with E-state index in [-0.39, 0.29) is 0 Å². The van der Waals surface area contributed by atoms with Crippen molar-refractivity contribution < 1.29 is 4.74 Å². The van der Waals surface area contributed by atoms with E-state index in [1.54, 1.807) is 6.20 Å². The summed E-state index contributed by atoms with van der Waals surface area (Å²) in [4.78, 5) is 4.37. The maximum absolute atomic E-state index is 6.07. The molecule has 0 radical (unpaired) electrons. The minimum Gasteiger partial charge on any atom is -0.438 e. The van der Waals surface area contributed by atoms with Gasteiger partial charge in [-0.2, -0.15) is 0 Å². The Hall–Kier alpha value is -2.39. The van der Waals surface area contributed by atoms with E-state index in [1.165, 1.54) is 5.39 Å². The molecule has 3 rings (SSSR count). The third-order valence-corrected chi connectivity index (χ3v) is 3.37. The van der Waals surface area contributed by atoms with Gasteiger partial charge in [0.2, 0.25) is 5.88 Å². The average Bonchev–Trinajstić information content (AvgIpc) is 2.54. The Morgan fingerprint density at radius 3 is 2.76 bits per heavy atom. The molecule has 0 spiro atoms. The quantitative estimate of drug-likeness (QED) is 0.761. The molecule has 3 heteroatoms. The van der Waals surface area contributed by atoms with Crippen LogP contribution in [0.2, 0.25) is 0 Å². The number of fused-ring (bicyclic) bond motifs is 1. The molecule has 106 valence electrons. The van der Waals surface area contributed by atoms with E-state index in [1.807, 2.05) is 36.4 Å². The van der Waals surface area contributed by atoms with Crippen molar-refractivity contribution in [2.24, 2.45) is 0 Å². The maximum atomic E-state index is 6.07. The third kappa shape index (κ3) is 3.03. The van der Waals surface area contributed by atoms with Gasteiger partial charge in [-0.25, -0.2) is 4.98 Å². The molecule has 21 heavy (non-hydrogen) atoms. The summed E-state index contributed by atoms with van der Waals surface area (Å²) in [6, 6.07) is 18.2. The van der Waals surface area contributed by atoms with E-state index in [0.717, 1.165) is 29.8 Å². The molecule has 1 heterocycles. The van der Waals surface area contributed by atoms with Crippen LogP contribution in [0.15, 0.2) is 60.8 Å². The number of ether oxygens (including phenoxy) is 1. The van der Waals surface area contributed by atoms with Crippen LogP contribution in [-0.4, -0.2) is 11.5 Å². The molecular weight excluding hydrogens is 260 g/mol. The van der Waals surface area contributed by atoms with Crippen molar-refractivity contribution in [3.05, 3.63) is 66.4 Å². The van der Waals surface area contributed by atoms with Crippen molar-refractivity contribution in [2.45, 2.75) is 13.5 Å². The molecule has 2 aromatic carbocycles. The van der Waals surface area contributed by atoms with Crippen LogP contribution in [0.1, 0.15) is 12.5 Å². The smallest absolute Gasteiger partial charge is 0.223 e.